The van der Waals surface area contributed by atoms with Gasteiger partial charge in [-0.15, -0.1) is 0 Å². The lowest BCUT2D eigenvalue weighted by atomic mass is 10.0. The van der Waals surface area contributed by atoms with Gasteiger partial charge in [-0.05, 0) is 57.9 Å². The Balaban J connectivity index is 1.88. The molecule has 172 valence electrons. The molecule has 0 saturated heterocycles. The molecule has 0 atom stereocenters. The fourth-order valence-electron chi connectivity index (χ4n) is 4.16. The number of carbonyl (C=O) groups excluding carboxylic acids is 1. The SMILES string of the molecule is CCC(Nc1ccc(CN(C(C)C)C(C)C)cc1)=C1C(=O)Nc2cc(OC)c(OC)cc21. The standard InChI is InChI=1S/C26H35N3O3/c1-8-21(25-20-13-23(31-6)24(32-7)14-22(20)28-26(25)30)27-19-11-9-18(10-12-19)15-29(16(2)3)17(4)5/h9-14,16-17,27H,8,15H2,1-7H3,(H,28,30). The molecule has 0 spiro atoms. The topological polar surface area (TPSA) is 62.8 Å². The zero-order valence-corrected chi connectivity index (χ0v) is 20.2. The van der Waals surface area contributed by atoms with Crippen LogP contribution in [0.1, 0.15) is 52.2 Å². The molecule has 0 aromatic heterocycles. The van der Waals surface area contributed by atoms with Crippen LogP contribution >= 0.6 is 0 Å². The van der Waals surface area contributed by atoms with Gasteiger partial charge in [-0.25, -0.2) is 0 Å². The number of nitrogens with one attached hydrogen (secondary N) is 2. The third-order valence-corrected chi connectivity index (χ3v) is 5.86. The van der Waals surface area contributed by atoms with E-state index in [0.29, 0.717) is 35.6 Å². The Morgan fingerprint density at radius 3 is 2.12 bits per heavy atom. The smallest absolute Gasteiger partial charge is 0.258 e. The number of hydrogen-bond acceptors (Lipinski definition) is 5. The minimum absolute atomic E-state index is 0.124. The van der Waals surface area contributed by atoms with Crippen molar-refractivity contribution >= 4 is 22.9 Å². The van der Waals surface area contributed by atoms with Gasteiger partial charge in [-0.3, -0.25) is 9.69 Å². The normalized spacial score (nSPS) is 14.6. The van der Waals surface area contributed by atoms with E-state index < -0.39 is 0 Å². The molecule has 0 fully saturated rings. The first-order valence-electron chi connectivity index (χ1n) is 11.2. The van der Waals surface area contributed by atoms with Crippen molar-refractivity contribution in [2.75, 3.05) is 24.9 Å². The number of allylic oxidation sites excluding steroid dienone is 1. The lowest BCUT2D eigenvalue weighted by Gasteiger charge is -2.30. The zero-order chi connectivity index (χ0) is 23.4. The van der Waals surface area contributed by atoms with Gasteiger partial charge in [0, 0.05) is 41.6 Å². The maximum absolute atomic E-state index is 12.8. The predicted octanol–water partition coefficient (Wildman–Crippen LogP) is 5.51. The highest BCUT2D eigenvalue weighted by Gasteiger charge is 2.29. The van der Waals surface area contributed by atoms with Crippen molar-refractivity contribution < 1.29 is 14.3 Å². The van der Waals surface area contributed by atoms with Gasteiger partial charge in [0.25, 0.3) is 5.91 Å². The van der Waals surface area contributed by atoms with Gasteiger partial charge < -0.3 is 20.1 Å². The molecule has 0 bridgehead atoms. The van der Waals surface area contributed by atoms with E-state index in [9.17, 15) is 4.79 Å². The van der Waals surface area contributed by atoms with E-state index in [4.69, 9.17) is 9.47 Å². The van der Waals surface area contributed by atoms with Crippen LogP contribution in [0.15, 0.2) is 42.1 Å². The Morgan fingerprint density at radius 2 is 1.59 bits per heavy atom. The second-order valence-corrected chi connectivity index (χ2v) is 8.60. The molecule has 2 N–H and O–H groups in total. The van der Waals surface area contributed by atoms with Crippen molar-refractivity contribution in [3.63, 3.8) is 0 Å². The molecule has 0 unspecified atom stereocenters. The van der Waals surface area contributed by atoms with Crippen molar-refractivity contribution in [2.24, 2.45) is 0 Å². The molecule has 1 amide bonds. The Kier molecular flexibility index (Phi) is 7.46. The number of methoxy groups -OCH3 is 2. The van der Waals surface area contributed by atoms with E-state index in [0.717, 1.165) is 29.2 Å². The van der Waals surface area contributed by atoms with Crippen LogP contribution in [0.25, 0.3) is 5.57 Å². The molecule has 3 rings (SSSR count). The van der Waals surface area contributed by atoms with E-state index in [2.05, 4.69) is 67.5 Å². The van der Waals surface area contributed by atoms with E-state index in [1.165, 1.54) is 5.56 Å². The number of ether oxygens (including phenoxy) is 2. The molecule has 0 radical (unpaired) electrons. The van der Waals surface area contributed by atoms with Crippen LogP contribution in [0.5, 0.6) is 11.5 Å². The van der Waals surface area contributed by atoms with Gasteiger partial charge >= 0.3 is 0 Å². The molecular weight excluding hydrogens is 402 g/mol. The van der Waals surface area contributed by atoms with E-state index in [1.807, 2.05) is 13.0 Å². The van der Waals surface area contributed by atoms with Gasteiger partial charge in [0.05, 0.1) is 25.5 Å². The summed E-state index contributed by atoms with van der Waals surface area (Å²) in [5, 5.41) is 6.42. The maximum atomic E-state index is 12.8. The molecule has 2 aromatic rings. The lowest BCUT2D eigenvalue weighted by Crippen LogP contribution is -2.36. The number of amides is 1. The number of rotatable bonds is 9. The van der Waals surface area contributed by atoms with Crippen LogP contribution in [-0.4, -0.2) is 37.1 Å². The van der Waals surface area contributed by atoms with Crippen molar-refractivity contribution in [2.45, 2.75) is 59.7 Å². The molecule has 1 aliphatic rings. The number of carbonyl (C=O) groups is 1. The number of anilines is 2. The third kappa shape index (κ3) is 4.91. The van der Waals surface area contributed by atoms with Crippen LogP contribution in [0, 0.1) is 0 Å². The highest BCUT2D eigenvalue weighted by molar-refractivity contribution is 6.32. The molecule has 0 aliphatic carbocycles. The highest BCUT2D eigenvalue weighted by Crippen LogP contribution is 2.42. The zero-order valence-electron chi connectivity index (χ0n) is 20.2. The molecule has 2 aromatic carbocycles. The summed E-state index contributed by atoms with van der Waals surface area (Å²) >= 11 is 0. The third-order valence-electron chi connectivity index (χ3n) is 5.86. The Labute approximate surface area is 191 Å². The second-order valence-electron chi connectivity index (χ2n) is 8.60. The fraction of sp³-hybridized carbons (Fsp3) is 0.423. The maximum Gasteiger partial charge on any atom is 0.258 e. The fourth-order valence-corrected chi connectivity index (χ4v) is 4.16. The van der Waals surface area contributed by atoms with Crippen LogP contribution < -0.4 is 20.1 Å². The van der Waals surface area contributed by atoms with E-state index in [1.54, 1.807) is 20.3 Å². The number of nitrogens with zero attached hydrogens (tertiary/aromatic N) is 1. The van der Waals surface area contributed by atoms with Crippen molar-refractivity contribution in [3.05, 3.63) is 53.2 Å². The van der Waals surface area contributed by atoms with Crippen molar-refractivity contribution in [1.82, 2.24) is 4.90 Å². The van der Waals surface area contributed by atoms with Crippen molar-refractivity contribution in [3.8, 4) is 11.5 Å². The first-order chi connectivity index (χ1) is 15.3. The van der Waals surface area contributed by atoms with Crippen molar-refractivity contribution in [1.29, 1.82) is 0 Å². The number of benzene rings is 2. The summed E-state index contributed by atoms with van der Waals surface area (Å²) in [6, 6.07) is 13.1. The minimum atomic E-state index is -0.124. The van der Waals surface area contributed by atoms with Gasteiger partial charge in [0.15, 0.2) is 11.5 Å². The first-order valence-corrected chi connectivity index (χ1v) is 11.2. The van der Waals surface area contributed by atoms with E-state index in [-0.39, 0.29) is 5.91 Å². The second kappa shape index (κ2) is 10.1. The summed E-state index contributed by atoms with van der Waals surface area (Å²) in [7, 11) is 3.18. The Hall–Kier alpha value is -2.99. The molecule has 1 heterocycles. The summed E-state index contributed by atoms with van der Waals surface area (Å²) in [4.78, 5) is 15.3. The minimum Gasteiger partial charge on any atom is -0.493 e. The Morgan fingerprint density at radius 1 is 1.00 bits per heavy atom. The van der Waals surface area contributed by atoms with Crippen LogP contribution in [0.3, 0.4) is 0 Å². The number of fused-ring (bicyclic) bond motifs is 1. The summed E-state index contributed by atoms with van der Waals surface area (Å²) in [5.41, 5.74) is 5.28. The first kappa shape index (κ1) is 23.7. The molecule has 6 nitrogen and oxygen atoms in total. The average molecular weight is 438 g/mol. The monoisotopic (exact) mass is 437 g/mol. The number of hydrogen-bond donors (Lipinski definition) is 2. The highest BCUT2D eigenvalue weighted by atomic mass is 16.5. The van der Waals surface area contributed by atoms with Gasteiger partial charge in [0.1, 0.15) is 0 Å². The summed E-state index contributed by atoms with van der Waals surface area (Å²) < 4.78 is 10.8. The van der Waals surface area contributed by atoms with Crippen LogP contribution in [-0.2, 0) is 11.3 Å². The van der Waals surface area contributed by atoms with Gasteiger partial charge in [-0.2, -0.15) is 0 Å². The van der Waals surface area contributed by atoms with Gasteiger partial charge in [-0.1, -0.05) is 19.1 Å². The molecule has 1 aliphatic heterocycles. The molecule has 6 heteroatoms. The Bertz CT molecular complexity index is 986. The molecule has 0 saturated carbocycles. The average Bonchev–Trinajstić information content (AvgIpc) is 3.09. The molecular formula is C26H35N3O3. The van der Waals surface area contributed by atoms with Crippen LogP contribution in [0.2, 0.25) is 0 Å². The largest absolute Gasteiger partial charge is 0.493 e. The van der Waals surface area contributed by atoms with Gasteiger partial charge in [0.2, 0.25) is 0 Å². The summed E-state index contributed by atoms with van der Waals surface area (Å²) in [6.45, 7) is 11.9. The predicted molar refractivity (Wildman–Crippen MR) is 131 cm³/mol. The lowest BCUT2D eigenvalue weighted by molar-refractivity contribution is -0.110. The summed E-state index contributed by atoms with van der Waals surface area (Å²) in [6.07, 6.45) is 0.687. The van der Waals surface area contributed by atoms with E-state index >= 15 is 0 Å². The quantitative estimate of drug-likeness (QED) is 0.507. The summed E-state index contributed by atoms with van der Waals surface area (Å²) in [5.74, 6) is 1.06. The van der Waals surface area contributed by atoms with Crippen LogP contribution in [0.4, 0.5) is 11.4 Å². The molecule has 32 heavy (non-hydrogen) atoms.